The second-order valence-electron chi connectivity index (χ2n) is 4.10. The van der Waals surface area contributed by atoms with Crippen molar-refractivity contribution in [1.29, 1.82) is 0 Å². The van der Waals surface area contributed by atoms with Crippen LogP contribution in [0.5, 0.6) is 0 Å². The Kier molecular flexibility index (Phi) is 4.52. The summed E-state index contributed by atoms with van der Waals surface area (Å²) in [5.41, 5.74) is 0. The molecule has 0 spiro atoms. The van der Waals surface area contributed by atoms with Crippen LogP contribution in [0, 0.1) is 0 Å². The zero-order chi connectivity index (χ0) is 8.10. The topological polar surface area (TPSA) is 3.24 Å². The lowest BCUT2D eigenvalue weighted by Gasteiger charge is -2.20. The standard InChI is InChI=1S/C6H14N.C3H6.Al/c1-4-5-6-7(2)3;1-3-2;/h1,4-6H2,2-3H3;1-3H2;. The van der Waals surface area contributed by atoms with Crippen molar-refractivity contribution in [2.45, 2.75) is 35.1 Å². The summed E-state index contributed by atoms with van der Waals surface area (Å²) in [5.74, 6) is 0. The minimum absolute atomic E-state index is 0.0822. The molecule has 1 aliphatic heterocycles. The van der Waals surface area contributed by atoms with Crippen molar-refractivity contribution < 1.29 is 0 Å². The van der Waals surface area contributed by atoms with Gasteiger partial charge in [0.1, 0.15) is 0 Å². The zero-order valence-electron chi connectivity index (χ0n) is 7.97. The Morgan fingerprint density at radius 2 is 1.91 bits per heavy atom. The Bertz CT molecular complexity index is 99.7. The van der Waals surface area contributed by atoms with Crippen molar-refractivity contribution in [3.63, 3.8) is 0 Å². The van der Waals surface area contributed by atoms with E-state index in [-0.39, 0.29) is 14.1 Å². The molecule has 1 fully saturated rings. The summed E-state index contributed by atoms with van der Waals surface area (Å²) in [4.78, 5) is 2.29. The van der Waals surface area contributed by atoms with Crippen LogP contribution in [0.2, 0.25) is 15.8 Å². The maximum atomic E-state index is 2.29. The molecule has 64 valence electrons. The monoisotopic (exact) mass is 169 g/mol. The minimum atomic E-state index is -0.0822. The molecule has 0 aromatic heterocycles. The lowest BCUT2D eigenvalue weighted by atomic mass is 10.3. The summed E-state index contributed by atoms with van der Waals surface area (Å²) in [6.07, 6.45) is 4.50. The van der Waals surface area contributed by atoms with Crippen LogP contribution in [0.1, 0.15) is 19.3 Å². The fourth-order valence-electron chi connectivity index (χ4n) is 1.64. The van der Waals surface area contributed by atoms with Crippen molar-refractivity contribution >= 4 is 14.1 Å². The number of rotatable bonds is 5. The molecule has 2 heteroatoms. The van der Waals surface area contributed by atoms with Crippen molar-refractivity contribution in [3.05, 3.63) is 0 Å². The average Bonchev–Trinajstić information content (AvgIpc) is 1.82. The third-order valence-corrected chi connectivity index (χ3v) is 6.37. The van der Waals surface area contributed by atoms with Crippen molar-refractivity contribution in [3.8, 4) is 0 Å². The molecular formula is C9H20AlN. The minimum Gasteiger partial charge on any atom is -0.309 e. The van der Waals surface area contributed by atoms with E-state index in [1.165, 1.54) is 19.4 Å². The number of hydrogen-bond acceptors (Lipinski definition) is 1. The van der Waals surface area contributed by atoms with Crippen LogP contribution >= 0.6 is 0 Å². The average molecular weight is 169 g/mol. The zero-order valence-corrected chi connectivity index (χ0v) is 9.13. The van der Waals surface area contributed by atoms with Crippen molar-refractivity contribution in [1.82, 2.24) is 4.90 Å². The molecule has 0 aliphatic carbocycles. The number of nitrogens with zero attached hydrogens (tertiary/aromatic N) is 1. The molecule has 0 aromatic rings. The van der Waals surface area contributed by atoms with E-state index in [2.05, 4.69) is 19.0 Å². The SMILES string of the molecule is CN(C)CCC[CH2][Al]1[CH2]C[CH2]1. The second kappa shape index (κ2) is 5.19. The molecule has 0 atom stereocenters. The van der Waals surface area contributed by atoms with Gasteiger partial charge in [-0.15, -0.1) is 0 Å². The van der Waals surface area contributed by atoms with E-state index in [0.29, 0.717) is 0 Å². The van der Waals surface area contributed by atoms with Gasteiger partial charge in [-0.3, -0.25) is 0 Å². The normalized spacial score (nSPS) is 17.2. The Hall–Kier alpha value is 0.492. The highest BCUT2D eigenvalue weighted by Crippen LogP contribution is 2.24. The second-order valence-corrected chi connectivity index (χ2v) is 7.56. The Morgan fingerprint density at radius 3 is 2.36 bits per heavy atom. The first kappa shape index (κ1) is 9.58. The highest BCUT2D eigenvalue weighted by molar-refractivity contribution is 6.61. The first-order valence-corrected chi connectivity index (χ1v) is 7.38. The van der Waals surface area contributed by atoms with E-state index < -0.39 is 0 Å². The lowest BCUT2D eigenvalue weighted by Crippen LogP contribution is -2.21. The molecule has 0 unspecified atom stereocenters. The van der Waals surface area contributed by atoms with Gasteiger partial charge in [0, 0.05) is 0 Å². The summed E-state index contributed by atoms with van der Waals surface area (Å²) in [6.45, 7) is 1.29. The molecule has 0 saturated carbocycles. The molecule has 0 amide bonds. The molecule has 0 bridgehead atoms. The maximum absolute atomic E-state index is 2.29. The molecule has 0 radical (unpaired) electrons. The lowest BCUT2D eigenvalue weighted by molar-refractivity contribution is 0.397. The molecule has 1 nitrogen and oxygen atoms in total. The van der Waals surface area contributed by atoms with Gasteiger partial charge in [0.05, 0.1) is 0 Å². The molecular weight excluding hydrogens is 149 g/mol. The predicted molar refractivity (Wildman–Crippen MR) is 52.6 cm³/mol. The van der Waals surface area contributed by atoms with E-state index in [1.54, 1.807) is 22.3 Å². The molecule has 1 heterocycles. The van der Waals surface area contributed by atoms with Crippen molar-refractivity contribution in [2.75, 3.05) is 20.6 Å². The van der Waals surface area contributed by atoms with E-state index in [0.717, 1.165) is 0 Å². The summed E-state index contributed by atoms with van der Waals surface area (Å²) >= 11 is -0.0822. The third kappa shape index (κ3) is 4.16. The van der Waals surface area contributed by atoms with Gasteiger partial charge >= 0.3 is 0 Å². The van der Waals surface area contributed by atoms with Crippen LogP contribution in [0.15, 0.2) is 0 Å². The molecule has 1 saturated heterocycles. The van der Waals surface area contributed by atoms with Crippen LogP contribution in [0.25, 0.3) is 0 Å². The predicted octanol–water partition coefficient (Wildman–Crippen LogP) is 2.23. The van der Waals surface area contributed by atoms with Crippen LogP contribution in [0.3, 0.4) is 0 Å². The van der Waals surface area contributed by atoms with Gasteiger partial charge in [0.15, 0.2) is 0 Å². The Balaban J connectivity index is 1.80. The molecule has 0 aromatic carbocycles. The number of unbranched alkanes of at least 4 members (excludes halogenated alkanes) is 1. The molecule has 0 N–H and O–H groups in total. The summed E-state index contributed by atoms with van der Waals surface area (Å²) in [6, 6.07) is 0. The van der Waals surface area contributed by atoms with Gasteiger partial charge in [-0.1, -0.05) is 28.7 Å². The van der Waals surface area contributed by atoms with Gasteiger partial charge in [0.25, 0.3) is 14.1 Å². The smallest absolute Gasteiger partial charge is 0.261 e. The molecule has 1 rings (SSSR count). The van der Waals surface area contributed by atoms with E-state index in [9.17, 15) is 0 Å². The fourth-order valence-corrected chi connectivity index (χ4v) is 4.07. The van der Waals surface area contributed by atoms with Gasteiger partial charge < -0.3 is 4.90 Å². The third-order valence-electron chi connectivity index (χ3n) is 2.69. The van der Waals surface area contributed by atoms with Gasteiger partial charge in [-0.25, -0.2) is 0 Å². The molecule has 11 heavy (non-hydrogen) atoms. The van der Waals surface area contributed by atoms with E-state index in [4.69, 9.17) is 0 Å². The van der Waals surface area contributed by atoms with E-state index in [1.807, 2.05) is 0 Å². The van der Waals surface area contributed by atoms with Crippen LogP contribution in [-0.2, 0) is 0 Å². The van der Waals surface area contributed by atoms with Crippen LogP contribution in [0.4, 0.5) is 0 Å². The Labute approximate surface area is 75.2 Å². The quantitative estimate of drug-likeness (QED) is 0.450. The number of hydrogen-bond donors (Lipinski definition) is 0. The van der Waals surface area contributed by atoms with Gasteiger partial charge in [-0.2, -0.15) is 0 Å². The van der Waals surface area contributed by atoms with Gasteiger partial charge in [0.2, 0.25) is 0 Å². The summed E-state index contributed by atoms with van der Waals surface area (Å²) in [7, 11) is 4.33. The maximum Gasteiger partial charge on any atom is 0.261 e. The highest BCUT2D eigenvalue weighted by atomic mass is 27.2. The summed E-state index contributed by atoms with van der Waals surface area (Å²) in [5, 5.41) is 4.94. The molecule has 1 aliphatic rings. The largest absolute Gasteiger partial charge is 0.309 e. The van der Waals surface area contributed by atoms with Crippen molar-refractivity contribution in [2.24, 2.45) is 0 Å². The Morgan fingerprint density at radius 1 is 1.18 bits per heavy atom. The first-order valence-electron chi connectivity index (χ1n) is 4.94. The summed E-state index contributed by atoms with van der Waals surface area (Å²) < 4.78 is 0. The van der Waals surface area contributed by atoms with E-state index >= 15 is 0 Å². The highest BCUT2D eigenvalue weighted by Gasteiger charge is 2.23. The first-order chi connectivity index (χ1) is 5.29. The van der Waals surface area contributed by atoms with Crippen LogP contribution < -0.4 is 0 Å². The fraction of sp³-hybridized carbons (Fsp3) is 1.00. The van der Waals surface area contributed by atoms with Crippen LogP contribution in [-0.4, -0.2) is 39.7 Å². The van der Waals surface area contributed by atoms with Gasteiger partial charge in [-0.05, 0) is 27.1 Å².